The molecule has 0 aromatic heterocycles. The fraction of sp³-hybridized carbons (Fsp3) is 0.605. The minimum Gasteiger partial charge on any atom is -0.460 e. The van der Waals surface area contributed by atoms with Crippen molar-refractivity contribution in [3.05, 3.63) is 53.1 Å². The van der Waals surface area contributed by atoms with Crippen LogP contribution in [0.15, 0.2) is 42.0 Å². The lowest BCUT2D eigenvalue weighted by Gasteiger charge is -2.31. The van der Waals surface area contributed by atoms with Crippen molar-refractivity contribution in [1.29, 1.82) is 0 Å². The number of rotatable bonds is 16. The van der Waals surface area contributed by atoms with Gasteiger partial charge in [-0.15, -0.1) is 0 Å². The number of hydrogen-bond acceptors (Lipinski definition) is 11. The second-order valence-electron chi connectivity index (χ2n) is 15.0. The molecular formula is C38H47F3N2O11. The van der Waals surface area contributed by atoms with E-state index in [4.69, 9.17) is 18.9 Å². The summed E-state index contributed by atoms with van der Waals surface area (Å²) in [7, 11) is 0. The minimum absolute atomic E-state index is 0.00157. The maximum absolute atomic E-state index is 13.6. The standard InChI is InChI=1S/C38H47F3N2O11/c1-36(2,3)53-32(47)15-13-26(20-44)43-30(45)16-17-42-34(48)23-18-28(33-29(19-23)52-38(54-33,24-9-10-24)25-11-12-25)51-35(49)27-7-5-4-6-22(27)8-14-31(46)50-21-37(39,40)41/h4-8,14,19,24-26,28-29,33,44H,9-13,15-18,20-21H2,1-3H3,(H,42,48)(H,43,45). The first-order valence-electron chi connectivity index (χ1n) is 18.1. The fourth-order valence-electron chi connectivity index (χ4n) is 6.55. The van der Waals surface area contributed by atoms with Crippen LogP contribution in [0.25, 0.3) is 6.08 Å². The van der Waals surface area contributed by atoms with Gasteiger partial charge in [0.05, 0.1) is 18.2 Å². The Balaban J connectivity index is 1.22. The summed E-state index contributed by atoms with van der Waals surface area (Å²) in [4.78, 5) is 63.6. The lowest BCUT2D eigenvalue weighted by molar-refractivity contribution is -0.209. The van der Waals surface area contributed by atoms with Crippen LogP contribution in [0.4, 0.5) is 13.2 Å². The number of esters is 3. The minimum atomic E-state index is -4.69. The molecule has 3 aliphatic carbocycles. The van der Waals surface area contributed by atoms with Crippen LogP contribution in [-0.2, 0) is 42.9 Å². The zero-order chi connectivity index (χ0) is 39.3. The molecule has 2 amide bonds. The molecule has 3 N–H and O–H groups in total. The van der Waals surface area contributed by atoms with Gasteiger partial charge in [-0.1, -0.05) is 18.2 Å². The van der Waals surface area contributed by atoms with E-state index in [0.29, 0.717) is 0 Å². The highest BCUT2D eigenvalue weighted by Gasteiger charge is 2.64. The molecular weight excluding hydrogens is 717 g/mol. The van der Waals surface area contributed by atoms with Crippen LogP contribution >= 0.6 is 0 Å². The molecule has 1 heterocycles. The smallest absolute Gasteiger partial charge is 0.422 e. The number of aliphatic hydroxyl groups is 1. The Hall–Kier alpha value is -4.28. The Bertz CT molecular complexity index is 1620. The van der Waals surface area contributed by atoms with Crippen LogP contribution in [0.5, 0.6) is 0 Å². The first kappa shape index (κ1) is 40.9. The monoisotopic (exact) mass is 764 g/mol. The summed E-state index contributed by atoms with van der Waals surface area (Å²) < 4.78 is 66.0. The van der Waals surface area contributed by atoms with Crippen molar-refractivity contribution in [2.75, 3.05) is 19.8 Å². The molecule has 0 spiro atoms. The van der Waals surface area contributed by atoms with Gasteiger partial charge in [0, 0.05) is 49.3 Å². The molecule has 5 rings (SSSR count). The highest BCUT2D eigenvalue weighted by atomic mass is 19.4. The number of carbonyl (C=O) groups excluding carboxylic acids is 5. The van der Waals surface area contributed by atoms with Crippen LogP contribution in [0, 0.1) is 11.8 Å². The number of alkyl halides is 3. The predicted molar refractivity (Wildman–Crippen MR) is 184 cm³/mol. The van der Waals surface area contributed by atoms with Gasteiger partial charge in [-0.25, -0.2) is 9.59 Å². The van der Waals surface area contributed by atoms with Gasteiger partial charge in [0.25, 0.3) is 0 Å². The lowest BCUT2D eigenvalue weighted by Crippen LogP contribution is -2.44. The Morgan fingerprint density at radius 2 is 1.70 bits per heavy atom. The molecule has 0 radical (unpaired) electrons. The van der Waals surface area contributed by atoms with Gasteiger partial charge in [0.15, 0.2) is 12.4 Å². The molecule has 296 valence electrons. The Kier molecular flexibility index (Phi) is 12.9. The highest BCUT2D eigenvalue weighted by Crippen LogP contribution is 2.59. The summed E-state index contributed by atoms with van der Waals surface area (Å²) in [5.41, 5.74) is -0.200. The molecule has 1 aromatic carbocycles. The molecule has 1 saturated heterocycles. The fourth-order valence-corrected chi connectivity index (χ4v) is 6.55. The molecule has 0 bridgehead atoms. The first-order valence-corrected chi connectivity index (χ1v) is 18.1. The van der Waals surface area contributed by atoms with E-state index in [1.165, 1.54) is 12.1 Å². The number of halogens is 3. The molecule has 4 atom stereocenters. The van der Waals surface area contributed by atoms with Crippen molar-refractivity contribution >= 4 is 35.8 Å². The number of hydrogen-bond donors (Lipinski definition) is 3. The van der Waals surface area contributed by atoms with Crippen LogP contribution in [-0.4, -0.2) is 96.5 Å². The average Bonchev–Trinajstić information content (AvgIpc) is 4.04. The third-order valence-electron chi connectivity index (χ3n) is 9.26. The SMILES string of the molecule is CC(C)(C)OC(=O)CCC(CO)NC(=O)CCNC(=O)C1=CC2OC(C3CC3)(C3CC3)OC2C(OC(=O)c2ccccc2C=CC(=O)OCC(F)(F)F)C1. The predicted octanol–water partition coefficient (Wildman–Crippen LogP) is 4.07. The number of fused-ring (bicyclic) bond motifs is 1. The van der Waals surface area contributed by atoms with Gasteiger partial charge in [-0.2, -0.15) is 13.2 Å². The zero-order valence-corrected chi connectivity index (χ0v) is 30.4. The van der Waals surface area contributed by atoms with Crippen molar-refractivity contribution in [3.63, 3.8) is 0 Å². The molecule has 3 fully saturated rings. The van der Waals surface area contributed by atoms with E-state index in [-0.39, 0.29) is 60.8 Å². The number of ether oxygens (including phenoxy) is 5. The van der Waals surface area contributed by atoms with Crippen molar-refractivity contribution in [2.24, 2.45) is 11.8 Å². The zero-order valence-electron chi connectivity index (χ0n) is 30.4. The molecule has 4 unspecified atom stereocenters. The Morgan fingerprint density at radius 3 is 2.33 bits per heavy atom. The second kappa shape index (κ2) is 17.0. The van der Waals surface area contributed by atoms with Gasteiger partial charge in [0.2, 0.25) is 11.8 Å². The molecule has 13 nitrogen and oxygen atoms in total. The van der Waals surface area contributed by atoms with E-state index in [9.17, 15) is 42.3 Å². The molecule has 2 saturated carbocycles. The van der Waals surface area contributed by atoms with Crippen LogP contribution in [0.3, 0.4) is 0 Å². The van der Waals surface area contributed by atoms with Crippen molar-refractivity contribution in [2.45, 2.75) is 114 Å². The summed E-state index contributed by atoms with van der Waals surface area (Å²) in [5.74, 6) is -3.99. The van der Waals surface area contributed by atoms with Gasteiger partial charge >= 0.3 is 24.1 Å². The maximum atomic E-state index is 13.6. The van der Waals surface area contributed by atoms with Crippen LogP contribution in [0.2, 0.25) is 0 Å². The molecule has 4 aliphatic rings. The third kappa shape index (κ3) is 11.4. The van der Waals surface area contributed by atoms with E-state index >= 15 is 0 Å². The number of benzene rings is 1. The first-order chi connectivity index (χ1) is 25.5. The maximum Gasteiger partial charge on any atom is 0.422 e. The van der Waals surface area contributed by atoms with E-state index in [2.05, 4.69) is 15.4 Å². The van der Waals surface area contributed by atoms with Gasteiger partial charge < -0.3 is 39.4 Å². The van der Waals surface area contributed by atoms with E-state index in [0.717, 1.165) is 37.8 Å². The third-order valence-corrected chi connectivity index (χ3v) is 9.26. The van der Waals surface area contributed by atoms with Crippen LogP contribution < -0.4 is 10.6 Å². The topological polar surface area (TPSA) is 176 Å². The molecule has 54 heavy (non-hydrogen) atoms. The normalized spacial score (nSPS) is 22.8. The summed E-state index contributed by atoms with van der Waals surface area (Å²) in [5, 5.41) is 15.1. The quantitative estimate of drug-likeness (QED) is 0.126. The molecule has 1 aliphatic heterocycles. The van der Waals surface area contributed by atoms with Crippen molar-refractivity contribution < 1.29 is 65.9 Å². The Morgan fingerprint density at radius 1 is 1.02 bits per heavy atom. The van der Waals surface area contributed by atoms with Gasteiger partial charge in [0.1, 0.15) is 23.9 Å². The van der Waals surface area contributed by atoms with Crippen molar-refractivity contribution in [1.82, 2.24) is 10.6 Å². The van der Waals surface area contributed by atoms with E-state index < -0.39 is 84.9 Å². The summed E-state index contributed by atoms with van der Waals surface area (Å²) >= 11 is 0. The molecule has 1 aromatic rings. The van der Waals surface area contributed by atoms with Gasteiger partial charge in [-0.05, 0) is 76.7 Å². The Labute approximate surface area is 310 Å². The van der Waals surface area contributed by atoms with Crippen molar-refractivity contribution in [3.8, 4) is 0 Å². The van der Waals surface area contributed by atoms with Crippen LogP contribution in [0.1, 0.15) is 88.1 Å². The van der Waals surface area contributed by atoms with E-state index in [1.54, 1.807) is 39.0 Å². The average molecular weight is 765 g/mol. The summed E-state index contributed by atoms with van der Waals surface area (Å²) in [6.45, 7) is 3.01. The number of nitrogens with one attached hydrogen (secondary N) is 2. The largest absolute Gasteiger partial charge is 0.460 e. The second-order valence-corrected chi connectivity index (χ2v) is 15.0. The number of amides is 2. The number of aliphatic hydroxyl groups excluding tert-OH is 1. The van der Waals surface area contributed by atoms with Gasteiger partial charge in [-0.3, -0.25) is 14.4 Å². The number of carbonyl (C=O) groups is 5. The summed E-state index contributed by atoms with van der Waals surface area (Å²) in [6, 6.07) is 5.35. The lowest BCUT2D eigenvalue weighted by atomic mass is 9.91. The highest BCUT2D eigenvalue weighted by molar-refractivity contribution is 5.97. The molecule has 16 heteroatoms. The van der Waals surface area contributed by atoms with E-state index in [1.807, 2.05) is 0 Å². The summed E-state index contributed by atoms with van der Waals surface area (Å²) in [6.07, 6.45) is 0.169.